The van der Waals surface area contributed by atoms with E-state index in [1.54, 1.807) is 17.1 Å². The lowest BCUT2D eigenvalue weighted by molar-refractivity contribution is -0.0426. The van der Waals surface area contributed by atoms with Gasteiger partial charge in [0.15, 0.2) is 0 Å². The molecule has 3 heterocycles. The lowest BCUT2D eigenvalue weighted by atomic mass is 9.63. The number of rotatable bonds is 4. The first-order valence-electron chi connectivity index (χ1n) is 8.27. The van der Waals surface area contributed by atoms with E-state index < -0.39 is 0 Å². The molecule has 1 aromatic carbocycles. The molecule has 6 heteroatoms. The molecule has 2 aromatic rings. The molecule has 3 aliphatic rings. The number of ether oxygens (including phenoxy) is 1. The van der Waals surface area contributed by atoms with Crippen LogP contribution in [0.25, 0.3) is 0 Å². The van der Waals surface area contributed by atoms with Crippen molar-refractivity contribution >= 4 is 5.91 Å². The van der Waals surface area contributed by atoms with Crippen LogP contribution in [0.3, 0.4) is 0 Å². The van der Waals surface area contributed by atoms with E-state index in [9.17, 15) is 4.79 Å². The van der Waals surface area contributed by atoms with Crippen molar-refractivity contribution in [3.63, 3.8) is 0 Å². The van der Waals surface area contributed by atoms with Gasteiger partial charge in [0.2, 0.25) is 0 Å². The van der Waals surface area contributed by atoms with Gasteiger partial charge in [-0.3, -0.25) is 4.79 Å². The van der Waals surface area contributed by atoms with Crippen LogP contribution in [0.2, 0.25) is 0 Å². The molecule has 2 bridgehead atoms. The first-order chi connectivity index (χ1) is 11.3. The molecule has 1 amide bonds. The lowest BCUT2D eigenvalue weighted by Gasteiger charge is -2.46. The van der Waals surface area contributed by atoms with Gasteiger partial charge in [-0.15, -0.1) is 5.10 Å². The molecule has 126 valence electrons. The Labute approximate surface area is 141 Å². The van der Waals surface area contributed by atoms with Crippen molar-refractivity contribution in [3.8, 4) is 0 Å². The maximum atomic E-state index is 12.8. The average molecular weight is 326 g/mol. The molecule has 5 rings (SSSR count). The zero-order chi connectivity index (χ0) is 17.0. The van der Waals surface area contributed by atoms with E-state index in [0.717, 1.165) is 18.4 Å². The molecular formula is C18H22N4O2. The summed E-state index contributed by atoms with van der Waals surface area (Å²) < 4.78 is 7.85. The van der Waals surface area contributed by atoms with E-state index in [-0.39, 0.29) is 22.6 Å². The van der Waals surface area contributed by atoms with Crippen LogP contribution in [0.1, 0.15) is 49.5 Å². The number of aromatic nitrogens is 3. The lowest BCUT2D eigenvalue weighted by Crippen LogP contribution is -2.63. The van der Waals surface area contributed by atoms with Gasteiger partial charge >= 0.3 is 0 Å². The van der Waals surface area contributed by atoms with E-state index in [0.29, 0.717) is 12.1 Å². The second kappa shape index (κ2) is 4.89. The Hall–Kier alpha value is -2.21. The zero-order valence-corrected chi connectivity index (χ0v) is 14.2. The molecule has 1 aromatic heterocycles. The van der Waals surface area contributed by atoms with E-state index >= 15 is 0 Å². The SMILES string of the molecule is CC12CC(NC(=O)c3cccc(Cn4ccnn4)c3)(C1)C(C)(C)O2. The third-order valence-electron chi connectivity index (χ3n) is 5.36. The van der Waals surface area contributed by atoms with Gasteiger partial charge in [0.1, 0.15) is 0 Å². The van der Waals surface area contributed by atoms with Crippen molar-refractivity contribution in [2.75, 3.05) is 0 Å². The molecule has 6 nitrogen and oxygen atoms in total. The fourth-order valence-corrected chi connectivity index (χ4v) is 4.28. The molecule has 1 N–H and O–H groups in total. The van der Waals surface area contributed by atoms with Crippen LogP contribution in [0, 0.1) is 0 Å². The number of fused-ring (bicyclic) bond motifs is 1. The number of nitrogens with one attached hydrogen (secondary N) is 1. The van der Waals surface area contributed by atoms with E-state index in [1.807, 2.05) is 24.3 Å². The Morgan fingerprint density at radius 1 is 1.33 bits per heavy atom. The average Bonchev–Trinajstić information content (AvgIpc) is 3.09. The Morgan fingerprint density at radius 2 is 2.12 bits per heavy atom. The van der Waals surface area contributed by atoms with Crippen molar-refractivity contribution in [3.05, 3.63) is 47.8 Å². The first-order valence-corrected chi connectivity index (χ1v) is 8.27. The van der Waals surface area contributed by atoms with Gasteiger partial charge in [0.05, 0.1) is 29.5 Å². The number of carbonyl (C=O) groups is 1. The first kappa shape index (κ1) is 15.3. The maximum absolute atomic E-state index is 12.8. The molecule has 2 saturated heterocycles. The summed E-state index contributed by atoms with van der Waals surface area (Å²) in [4.78, 5) is 12.8. The Balaban J connectivity index is 1.51. The van der Waals surface area contributed by atoms with Crippen LogP contribution in [0.4, 0.5) is 0 Å². The highest BCUT2D eigenvalue weighted by molar-refractivity contribution is 5.95. The number of nitrogens with zero attached hydrogens (tertiary/aromatic N) is 3. The highest BCUT2D eigenvalue weighted by Gasteiger charge is 2.70. The monoisotopic (exact) mass is 326 g/mol. The van der Waals surface area contributed by atoms with E-state index in [2.05, 4.69) is 36.4 Å². The van der Waals surface area contributed by atoms with Crippen LogP contribution in [0.5, 0.6) is 0 Å². The quantitative estimate of drug-likeness (QED) is 0.935. The molecule has 0 atom stereocenters. The third-order valence-corrected chi connectivity index (χ3v) is 5.36. The van der Waals surface area contributed by atoms with Gasteiger partial charge in [-0.1, -0.05) is 17.3 Å². The highest BCUT2D eigenvalue weighted by atomic mass is 16.5. The minimum atomic E-state index is -0.338. The van der Waals surface area contributed by atoms with Crippen LogP contribution in [-0.2, 0) is 11.3 Å². The Morgan fingerprint density at radius 3 is 2.75 bits per heavy atom. The number of carbonyl (C=O) groups excluding carboxylic acids is 1. The predicted molar refractivity (Wildman–Crippen MR) is 88.6 cm³/mol. The standard InChI is InChI=1S/C18H22N4O2/c1-16(2)18(11-17(3,12-18)24-16)20-15(23)14-6-4-5-13(9-14)10-22-8-7-19-21-22/h4-9H,10-12H2,1-3H3,(H,20,23). The van der Waals surface area contributed by atoms with Crippen LogP contribution >= 0.6 is 0 Å². The van der Waals surface area contributed by atoms with Gasteiger partial charge in [-0.05, 0) is 38.5 Å². The molecule has 3 fully saturated rings. The molecule has 24 heavy (non-hydrogen) atoms. The van der Waals surface area contributed by atoms with Crippen LogP contribution in [0.15, 0.2) is 36.7 Å². The zero-order valence-electron chi connectivity index (χ0n) is 14.2. The molecule has 1 saturated carbocycles. The van der Waals surface area contributed by atoms with Gasteiger partial charge in [-0.2, -0.15) is 0 Å². The Bertz CT molecular complexity index is 776. The van der Waals surface area contributed by atoms with Crippen molar-refractivity contribution in [2.24, 2.45) is 0 Å². The number of amides is 1. The second-order valence-corrected chi connectivity index (χ2v) is 7.75. The summed E-state index contributed by atoms with van der Waals surface area (Å²) in [5, 5.41) is 11.0. The minimum Gasteiger partial charge on any atom is -0.367 e. The number of hydrogen-bond donors (Lipinski definition) is 1. The fraction of sp³-hybridized carbons (Fsp3) is 0.500. The van der Waals surface area contributed by atoms with Crippen molar-refractivity contribution in [2.45, 2.75) is 56.9 Å². The second-order valence-electron chi connectivity index (χ2n) is 7.75. The van der Waals surface area contributed by atoms with E-state index in [1.165, 1.54) is 0 Å². The molecule has 2 aliphatic heterocycles. The summed E-state index contributed by atoms with van der Waals surface area (Å²) in [7, 11) is 0. The predicted octanol–water partition coefficient (Wildman–Crippen LogP) is 2.16. The smallest absolute Gasteiger partial charge is 0.251 e. The van der Waals surface area contributed by atoms with Crippen molar-refractivity contribution in [1.29, 1.82) is 0 Å². The number of hydrogen-bond acceptors (Lipinski definition) is 4. The van der Waals surface area contributed by atoms with E-state index in [4.69, 9.17) is 4.74 Å². The summed E-state index contributed by atoms with van der Waals surface area (Å²) >= 11 is 0. The van der Waals surface area contributed by atoms with Gasteiger partial charge in [0.25, 0.3) is 5.91 Å². The van der Waals surface area contributed by atoms with Gasteiger partial charge < -0.3 is 10.1 Å². The fourth-order valence-electron chi connectivity index (χ4n) is 4.28. The Kier molecular flexibility index (Phi) is 3.12. The van der Waals surface area contributed by atoms with Crippen LogP contribution < -0.4 is 5.32 Å². The summed E-state index contributed by atoms with van der Waals surface area (Å²) in [5.74, 6) is -0.0453. The number of benzene rings is 1. The molecular weight excluding hydrogens is 304 g/mol. The van der Waals surface area contributed by atoms with Gasteiger partial charge in [-0.25, -0.2) is 4.68 Å². The van der Waals surface area contributed by atoms with Gasteiger partial charge in [0, 0.05) is 24.6 Å². The molecule has 0 unspecified atom stereocenters. The molecule has 0 radical (unpaired) electrons. The third kappa shape index (κ3) is 2.33. The normalized spacial score (nSPS) is 30.0. The minimum absolute atomic E-state index is 0.0453. The summed E-state index contributed by atoms with van der Waals surface area (Å²) in [6.45, 7) is 6.84. The largest absolute Gasteiger partial charge is 0.367 e. The van der Waals surface area contributed by atoms with Crippen molar-refractivity contribution in [1.82, 2.24) is 20.3 Å². The van der Waals surface area contributed by atoms with Crippen LogP contribution in [-0.4, -0.2) is 37.6 Å². The topological polar surface area (TPSA) is 69.0 Å². The molecule has 0 spiro atoms. The molecule has 1 aliphatic carbocycles. The summed E-state index contributed by atoms with van der Waals surface area (Å²) in [5.41, 5.74) is 0.992. The summed E-state index contributed by atoms with van der Waals surface area (Å²) in [6, 6.07) is 7.64. The highest BCUT2D eigenvalue weighted by Crippen LogP contribution is 2.60. The maximum Gasteiger partial charge on any atom is 0.251 e. The summed E-state index contributed by atoms with van der Waals surface area (Å²) in [6.07, 6.45) is 5.19. The van der Waals surface area contributed by atoms with Crippen molar-refractivity contribution < 1.29 is 9.53 Å².